The van der Waals surface area contributed by atoms with Crippen molar-refractivity contribution in [3.8, 4) is 0 Å². The molecule has 1 aliphatic rings. The molecule has 0 aliphatic carbocycles. The van der Waals surface area contributed by atoms with Crippen molar-refractivity contribution in [2.75, 3.05) is 26.3 Å². The fourth-order valence-electron chi connectivity index (χ4n) is 3.18. The minimum Gasteiger partial charge on any atom is -0.379 e. The average molecular weight is 359 g/mol. The number of aryl methyl sites for hydroxylation is 1. The Labute approximate surface area is 151 Å². The van der Waals surface area contributed by atoms with E-state index in [4.69, 9.17) is 4.74 Å². The quantitative estimate of drug-likeness (QED) is 0.897. The first-order valence-electron chi connectivity index (χ1n) is 8.65. The van der Waals surface area contributed by atoms with Gasteiger partial charge < -0.3 is 14.6 Å². The molecule has 0 radical (unpaired) electrons. The Bertz CT molecular complexity index is 837. The molecule has 1 aliphatic heterocycles. The molecule has 26 heavy (non-hydrogen) atoms. The summed E-state index contributed by atoms with van der Waals surface area (Å²) in [5, 5.41) is 0. The first-order valence-corrected chi connectivity index (χ1v) is 8.65. The minimum atomic E-state index is -0.299. The van der Waals surface area contributed by atoms with Crippen molar-refractivity contribution in [2.24, 2.45) is 5.92 Å². The molecule has 3 rings (SSSR count). The van der Waals surface area contributed by atoms with E-state index in [-0.39, 0.29) is 29.6 Å². The first kappa shape index (κ1) is 18.3. The fraction of sp³-hybridized carbons (Fsp3) is 0.421. The summed E-state index contributed by atoms with van der Waals surface area (Å²) in [7, 11) is 0. The van der Waals surface area contributed by atoms with Gasteiger partial charge in [-0.15, -0.1) is 0 Å². The number of carbonyl (C=O) groups is 1. The van der Waals surface area contributed by atoms with Crippen LogP contribution in [0.4, 0.5) is 4.39 Å². The Hall–Kier alpha value is -2.54. The molecular weight excluding hydrogens is 337 g/mol. The molecule has 1 amide bonds. The highest BCUT2D eigenvalue weighted by atomic mass is 19.1. The maximum atomic E-state index is 13.2. The van der Waals surface area contributed by atoms with Crippen molar-refractivity contribution >= 4 is 5.91 Å². The number of ether oxygens (including phenoxy) is 1. The lowest BCUT2D eigenvalue weighted by molar-refractivity contribution is -0.130. The third-order valence-electron chi connectivity index (χ3n) is 4.57. The Kier molecular flexibility index (Phi) is 5.78. The smallest absolute Gasteiger partial charge is 0.250 e. The highest BCUT2D eigenvalue weighted by Crippen LogP contribution is 2.16. The lowest BCUT2D eigenvalue weighted by atomic mass is 10.0. The number of aromatic amines is 1. The van der Waals surface area contributed by atoms with Crippen molar-refractivity contribution in [1.82, 2.24) is 14.9 Å². The molecule has 0 unspecified atom stereocenters. The predicted octanol–water partition coefficient (Wildman–Crippen LogP) is 1.48. The molecule has 1 saturated heterocycles. The Balaban J connectivity index is 1.66. The van der Waals surface area contributed by atoms with Gasteiger partial charge in [0, 0.05) is 30.8 Å². The van der Waals surface area contributed by atoms with Crippen molar-refractivity contribution in [2.45, 2.75) is 19.8 Å². The van der Waals surface area contributed by atoms with E-state index in [1.807, 2.05) is 0 Å². The van der Waals surface area contributed by atoms with Crippen molar-refractivity contribution in [3.63, 3.8) is 0 Å². The lowest BCUT2D eigenvalue weighted by Crippen LogP contribution is -2.37. The number of rotatable bonds is 4. The normalized spacial score (nSPS) is 17.8. The van der Waals surface area contributed by atoms with Crippen LogP contribution in [0.1, 0.15) is 16.8 Å². The summed E-state index contributed by atoms with van der Waals surface area (Å²) in [6, 6.07) is 5.95. The summed E-state index contributed by atoms with van der Waals surface area (Å²) >= 11 is 0. The van der Waals surface area contributed by atoms with Crippen molar-refractivity contribution in [3.05, 3.63) is 63.6 Å². The molecule has 1 N–H and O–H groups in total. The number of aromatic nitrogens is 2. The molecule has 0 spiro atoms. The zero-order chi connectivity index (χ0) is 18.5. The molecule has 0 saturated carbocycles. The maximum Gasteiger partial charge on any atom is 0.250 e. The molecule has 1 aromatic carbocycles. The number of amides is 1. The van der Waals surface area contributed by atoms with E-state index in [2.05, 4.69) is 9.97 Å². The number of nitrogens with zero attached hydrogens (tertiary/aromatic N) is 2. The zero-order valence-corrected chi connectivity index (χ0v) is 14.7. The summed E-state index contributed by atoms with van der Waals surface area (Å²) in [5.41, 5.74) is 2.10. The molecule has 1 fully saturated rings. The predicted molar refractivity (Wildman–Crippen MR) is 94.3 cm³/mol. The van der Waals surface area contributed by atoms with Crippen LogP contribution in [0.2, 0.25) is 0 Å². The Morgan fingerprint density at radius 1 is 1.42 bits per heavy atom. The fourth-order valence-corrected chi connectivity index (χ4v) is 3.18. The first-order chi connectivity index (χ1) is 12.5. The van der Waals surface area contributed by atoms with Crippen LogP contribution in [0.15, 0.2) is 35.4 Å². The van der Waals surface area contributed by atoms with Gasteiger partial charge >= 0.3 is 0 Å². The van der Waals surface area contributed by atoms with E-state index >= 15 is 0 Å². The maximum absolute atomic E-state index is 13.2. The van der Waals surface area contributed by atoms with Crippen molar-refractivity contribution < 1.29 is 13.9 Å². The monoisotopic (exact) mass is 359 g/mol. The number of H-pyrrole nitrogens is 1. The number of carbonyl (C=O) groups excluding carboxylic acids is 1. The number of nitrogens with one attached hydrogen (secondary N) is 1. The largest absolute Gasteiger partial charge is 0.379 e. The van der Waals surface area contributed by atoms with Gasteiger partial charge in [0.2, 0.25) is 5.91 Å². The molecule has 7 heteroatoms. The van der Waals surface area contributed by atoms with Gasteiger partial charge in [-0.1, -0.05) is 6.07 Å². The summed E-state index contributed by atoms with van der Waals surface area (Å²) in [4.78, 5) is 32.6. The van der Waals surface area contributed by atoms with Gasteiger partial charge in [0.15, 0.2) is 0 Å². The van der Waals surface area contributed by atoms with Gasteiger partial charge in [0.05, 0.1) is 26.0 Å². The molecular formula is C19H22FN3O3. The second kappa shape index (κ2) is 8.23. The lowest BCUT2D eigenvalue weighted by Gasteiger charge is -2.24. The summed E-state index contributed by atoms with van der Waals surface area (Å²) < 4.78 is 18.9. The van der Waals surface area contributed by atoms with E-state index in [9.17, 15) is 14.0 Å². The van der Waals surface area contributed by atoms with E-state index < -0.39 is 0 Å². The number of hydrogen-bond acceptors (Lipinski definition) is 4. The van der Waals surface area contributed by atoms with Crippen LogP contribution in [-0.2, 0) is 22.4 Å². The third kappa shape index (κ3) is 4.76. The highest BCUT2D eigenvalue weighted by molar-refractivity contribution is 5.79. The van der Waals surface area contributed by atoms with Crippen LogP contribution >= 0.6 is 0 Å². The van der Waals surface area contributed by atoms with Gasteiger partial charge in [-0.05, 0) is 36.6 Å². The van der Waals surface area contributed by atoms with E-state index in [0.717, 1.165) is 11.1 Å². The SMILES string of the molecule is Cc1cc(F)ccc1CC(=O)N1CCOC[C@@H](Cc2cc(=O)[nH]cn2)C1. The van der Waals surface area contributed by atoms with Crippen LogP contribution in [0.25, 0.3) is 0 Å². The molecule has 2 heterocycles. The molecule has 2 aromatic rings. The van der Waals surface area contributed by atoms with Gasteiger partial charge in [0.1, 0.15) is 5.82 Å². The van der Waals surface area contributed by atoms with Gasteiger partial charge in [-0.25, -0.2) is 9.37 Å². The van der Waals surface area contributed by atoms with Gasteiger partial charge in [-0.2, -0.15) is 0 Å². The topological polar surface area (TPSA) is 75.3 Å². The van der Waals surface area contributed by atoms with Crippen LogP contribution in [0.3, 0.4) is 0 Å². The second-order valence-corrected chi connectivity index (χ2v) is 6.63. The molecule has 1 atom stereocenters. The third-order valence-corrected chi connectivity index (χ3v) is 4.57. The number of halogens is 1. The molecule has 1 aromatic heterocycles. The van der Waals surface area contributed by atoms with Crippen LogP contribution in [0.5, 0.6) is 0 Å². The molecule has 0 bridgehead atoms. The van der Waals surface area contributed by atoms with E-state index in [1.54, 1.807) is 17.9 Å². The van der Waals surface area contributed by atoms with Gasteiger partial charge in [0.25, 0.3) is 5.56 Å². The second-order valence-electron chi connectivity index (χ2n) is 6.63. The highest BCUT2D eigenvalue weighted by Gasteiger charge is 2.23. The van der Waals surface area contributed by atoms with Crippen LogP contribution in [-0.4, -0.2) is 47.1 Å². The van der Waals surface area contributed by atoms with E-state index in [0.29, 0.717) is 38.4 Å². The standard InChI is InChI=1S/C19H22FN3O3/c1-13-6-16(20)3-2-15(13)8-19(25)23-4-5-26-11-14(10-23)7-17-9-18(24)22-12-21-17/h2-3,6,9,12,14H,4-5,7-8,10-11H2,1H3,(H,21,22,24)/t14-/m0/s1. The van der Waals surface area contributed by atoms with Gasteiger partial charge in [-0.3, -0.25) is 9.59 Å². The minimum absolute atomic E-state index is 0.00548. The summed E-state index contributed by atoms with van der Waals surface area (Å²) in [6.07, 6.45) is 2.20. The Morgan fingerprint density at radius 3 is 3.04 bits per heavy atom. The van der Waals surface area contributed by atoms with Crippen LogP contribution in [0, 0.1) is 18.7 Å². The molecule has 138 valence electrons. The Morgan fingerprint density at radius 2 is 2.27 bits per heavy atom. The van der Waals surface area contributed by atoms with Crippen molar-refractivity contribution in [1.29, 1.82) is 0 Å². The zero-order valence-electron chi connectivity index (χ0n) is 14.7. The average Bonchev–Trinajstić information content (AvgIpc) is 2.83. The summed E-state index contributed by atoms with van der Waals surface area (Å²) in [6.45, 7) is 3.88. The number of benzene rings is 1. The molecule has 6 nitrogen and oxygen atoms in total. The number of hydrogen-bond donors (Lipinski definition) is 1. The van der Waals surface area contributed by atoms with E-state index in [1.165, 1.54) is 24.5 Å². The summed E-state index contributed by atoms with van der Waals surface area (Å²) in [5.74, 6) is -0.230. The van der Waals surface area contributed by atoms with Crippen LogP contribution < -0.4 is 5.56 Å².